The second-order valence-electron chi connectivity index (χ2n) is 30.7. The number of aliphatic hydroxyl groups excluding tert-OH is 1. The number of aromatic amines is 1. The number of para-hydroxylation sites is 1. The first-order valence-corrected chi connectivity index (χ1v) is 39.6. The fourth-order valence-corrected chi connectivity index (χ4v) is 12.1. The van der Waals surface area contributed by atoms with E-state index in [1.807, 2.05) is 0 Å². The summed E-state index contributed by atoms with van der Waals surface area (Å²) in [7, 11) is 0. The Morgan fingerprint density at radius 1 is 0.444 bits per heavy atom. The minimum atomic E-state index is -1.71. The van der Waals surface area contributed by atoms with E-state index in [1.165, 1.54) is 13.8 Å². The number of guanidine groups is 1. The summed E-state index contributed by atoms with van der Waals surface area (Å²) in [4.78, 5) is 238. The maximum atomic E-state index is 14.6. The molecule has 2 aromatic rings. The number of carbonyl (C=O) groups is 17. The topological polar surface area (TPSA) is 697 Å². The average molecular weight is 1650 g/mol. The van der Waals surface area contributed by atoms with Gasteiger partial charge in [0.2, 0.25) is 94.5 Å². The first-order valence-electron chi connectivity index (χ1n) is 39.6. The molecule has 30 N–H and O–H groups in total. The summed E-state index contributed by atoms with van der Waals surface area (Å²) in [6.07, 6.45) is -1.30. The van der Waals surface area contributed by atoms with Crippen molar-refractivity contribution < 1.29 is 91.7 Å². The minimum Gasteiger partial charge on any atom is -0.480 e. The lowest BCUT2D eigenvalue weighted by molar-refractivity contribution is -0.144. The molecule has 656 valence electrons. The maximum Gasteiger partial charge on any atom is 0.326 e. The quantitative estimate of drug-likeness (QED) is 0.0168. The molecule has 0 aliphatic heterocycles. The van der Waals surface area contributed by atoms with E-state index in [0.29, 0.717) is 29.3 Å². The van der Waals surface area contributed by atoms with Crippen molar-refractivity contribution in [2.24, 2.45) is 74.7 Å². The fourth-order valence-electron chi connectivity index (χ4n) is 12.1. The molecule has 1 aromatic carbocycles. The molecule has 41 nitrogen and oxygen atoms in total. The molecule has 117 heavy (non-hydrogen) atoms. The Kier molecular flexibility index (Phi) is 45.1. The molecule has 16 atom stereocenters. The number of aliphatic imine (C=N–C) groups is 1. The van der Waals surface area contributed by atoms with Crippen LogP contribution in [0.15, 0.2) is 35.5 Å². The molecule has 0 saturated carbocycles. The van der Waals surface area contributed by atoms with Gasteiger partial charge in [-0.05, 0) is 126 Å². The van der Waals surface area contributed by atoms with E-state index >= 15 is 0 Å². The highest BCUT2D eigenvalue weighted by Gasteiger charge is 2.39. The Morgan fingerprint density at radius 3 is 1.37 bits per heavy atom. The maximum absolute atomic E-state index is 14.6. The Morgan fingerprint density at radius 2 is 0.863 bits per heavy atom. The van der Waals surface area contributed by atoms with Crippen LogP contribution in [0.4, 0.5) is 0 Å². The highest BCUT2D eigenvalue weighted by atomic mass is 16.4. The molecule has 0 fully saturated rings. The molecule has 1 aromatic heterocycles. The van der Waals surface area contributed by atoms with Gasteiger partial charge in [-0.1, -0.05) is 100 Å². The van der Waals surface area contributed by atoms with Crippen molar-refractivity contribution >= 4 is 117 Å². The number of aliphatic carboxylic acids is 1. The number of amides is 16. The zero-order valence-electron chi connectivity index (χ0n) is 69.1. The monoisotopic (exact) mass is 1650 g/mol. The number of rotatable bonds is 56. The predicted octanol–water partition coefficient (Wildman–Crippen LogP) is -4.72. The van der Waals surface area contributed by atoms with Crippen molar-refractivity contribution in [3.8, 4) is 0 Å². The van der Waals surface area contributed by atoms with Gasteiger partial charge in [-0.2, -0.15) is 0 Å². The number of unbranched alkanes of at least 4 members (excludes halogenated alkanes) is 1. The lowest BCUT2D eigenvalue weighted by Crippen LogP contribution is -2.62. The van der Waals surface area contributed by atoms with Crippen LogP contribution >= 0.6 is 0 Å². The van der Waals surface area contributed by atoms with Gasteiger partial charge in [0.1, 0.15) is 72.5 Å². The van der Waals surface area contributed by atoms with Crippen molar-refractivity contribution in [1.82, 2.24) is 74.1 Å². The Balaban J connectivity index is 2.49. The van der Waals surface area contributed by atoms with Gasteiger partial charge in [-0.15, -0.1) is 0 Å². The van der Waals surface area contributed by atoms with Gasteiger partial charge in [-0.25, -0.2) is 4.79 Å². The van der Waals surface area contributed by atoms with Crippen LogP contribution in [0.1, 0.15) is 185 Å². The Hall–Kier alpha value is -11.1. The lowest BCUT2D eigenvalue weighted by atomic mass is 9.97. The summed E-state index contributed by atoms with van der Waals surface area (Å²) >= 11 is 0. The zero-order chi connectivity index (χ0) is 88.7. The van der Waals surface area contributed by atoms with Gasteiger partial charge < -0.3 is 124 Å². The van der Waals surface area contributed by atoms with Crippen LogP contribution in [0.2, 0.25) is 0 Å². The number of carboxylic acid groups (broad SMARTS) is 1. The minimum absolute atomic E-state index is 0.0265. The number of hydrogen-bond acceptors (Lipinski definition) is 21. The normalized spacial score (nSPS) is 15.4. The number of H-pyrrole nitrogens is 1. The number of fused-ring (bicyclic) bond motifs is 1. The van der Waals surface area contributed by atoms with Gasteiger partial charge >= 0.3 is 5.97 Å². The van der Waals surface area contributed by atoms with Crippen molar-refractivity contribution in [2.75, 3.05) is 19.6 Å². The highest BCUT2D eigenvalue weighted by molar-refractivity contribution is 6.00. The molecule has 0 unspecified atom stereocenters. The number of hydrogen-bond donors (Lipinski definition) is 23. The number of nitrogens with two attached hydrogens (primary N) is 7. The smallest absolute Gasteiger partial charge is 0.326 e. The molecule has 16 amide bonds. The van der Waals surface area contributed by atoms with E-state index in [4.69, 9.17) is 40.1 Å². The van der Waals surface area contributed by atoms with Gasteiger partial charge in [0.15, 0.2) is 5.96 Å². The van der Waals surface area contributed by atoms with E-state index in [1.54, 1.807) is 99.7 Å². The summed E-state index contributed by atoms with van der Waals surface area (Å²) in [5.41, 5.74) is 40.1. The summed E-state index contributed by atoms with van der Waals surface area (Å²) in [5, 5.41) is 54.5. The molecular weight excluding hydrogens is 1520 g/mol. The number of carboxylic acids is 1. The first kappa shape index (κ1) is 102. The van der Waals surface area contributed by atoms with Crippen LogP contribution in [-0.2, 0) is 87.9 Å². The van der Waals surface area contributed by atoms with Crippen LogP contribution in [-0.4, -0.2) is 226 Å². The van der Waals surface area contributed by atoms with Crippen LogP contribution in [0, 0.1) is 29.6 Å². The molecule has 1 heterocycles. The summed E-state index contributed by atoms with van der Waals surface area (Å²) in [6, 6.07) is -11.9. The van der Waals surface area contributed by atoms with Crippen LogP contribution in [0.3, 0.4) is 0 Å². The van der Waals surface area contributed by atoms with Gasteiger partial charge in [0, 0.05) is 49.3 Å². The van der Waals surface area contributed by atoms with Crippen LogP contribution in [0.5, 0.6) is 0 Å². The number of aromatic nitrogens is 1. The molecule has 2 rings (SSSR count). The number of carbonyl (C=O) groups excluding carboxylic acids is 16. The van der Waals surface area contributed by atoms with Crippen LogP contribution in [0.25, 0.3) is 10.9 Å². The van der Waals surface area contributed by atoms with E-state index in [-0.39, 0.29) is 95.1 Å². The lowest BCUT2D eigenvalue weighted by Gasteiger charge is -2.29. The van der Waals surface area contributed by atoms with E-state index in [0.717, 1.165) is 0 Å². The number of primary amides is 3. The molecule has 0 saturated heterocycles. The standard InChI is InChI=1S/C76H128N22O19/c1-13-40(9)60(95-58(103)36-86-65(106)54(34-44-35-85-47-21-16-15-20-45(44)47)94-72(113)59(39(7)8)96-74(115)62(43(12)99)98-71(112)53(33-38(5)6)92-64(105)46(78)24-27-55(79)100)73(114)91-48(22-17-18-30-77)67(108)89-51(26-29-57(81)102)68(109)93-52(32-37(3)4)70(111)90-50(25-28-56(80)101)66(107)87-42(11)63(104)88-49(23-19-31-84-76(82)83)69(110)97-61(75(116)117)41(10)14-2/h15-16,20-21,35,37-43,46,48-54,59-62,85,99H,13-14,17-19,22-34,36,77-78H2,1-12H3,(H2,79,100)(H2,80,101)(H2,81,102)(H,86,106)(H,87,107)(H,88,104)(H,89,108)(H,90,111)(H,91,114)(H,92,105)(H,93,109)(H,94,113)(H,95,103)(H,96,115)(H,97,110)(H,98,112)(H,116,117)(H4,82,83,84)/t40-,41-,42-,43+,46-,48-,49-,50-,51-,52-,53-,54-,59-,60-,61-,62-/m0/s1. The molecular formula is C76H128N22O19. The molecule has 41 heteroatoms. The van der Waals surface area contributed by atoms with Crippen LogP contribution < -0.4 is 109 Å². The van der Waals surface area contributed by atoms with E-state index < -0.39 is 235 Å². The van der Waals surface area contributed by atoms with Crippen molar-refractivity contribution in [3.05, 3.63) is 36.0 Å². The Labute approximate surface area is 681 Å². The second kappa shape index (κ2) is 51.8. The van der Waals surface area contributed by atoms with E-state index in [9.17, 15) is 91.7 Å². The number of nitrogens with one attached hydrogen (secondary N) is 14. The third-order valence-corrected chi connectivity index (χ3v) is 19.3. The number of aliphatic hydroxyl groups is 1. The van der Waals surface area contributed by atoms with Crippen molar-refractivity contribution in [1.29, 1.82) is 0 Å². The molecule has 0 aliphatic carbocycles. The highest BCUT2D eigenvalue weighted by Crippen LogP contribution is 2.21. The van der Waals surface area contributed by atoms with Crippen molar-refractivity contribution in [3.63, 3.8) is 0 Å². The molecule has 0 spiro atoms. The summed E-state index contributed by atoms with van der Waals surface area (Å²) < 4.78 is 0. The summed E-state index contributed by atoms with van der Waals surface area (Å²) in [5.74, 6) is -18.7. The number of nitrogens with zero attached hydrogens (tertiary/aromatic N) is 1. The summed E-state index contributed by atoms with van der Waals surface area (Å²) in [6.45, 7) is 18.6. The Bertz CT molecular complexity index is 3740. The first-order chi connectivity index (χ1) is 54.8. The third kappa shape index (κ3) is 37.2. The predicted molar refractivity (Wildman–Crippen MR) is 432 cm³/mol. The van der Waals surface area contributed by atoms with Gasteiger partial charge in [0.25, 0.3) is 0 Å². The largest absolute Gasteiger partial charge is 0.480 e. The second-order valence-corrected chi connectivity index (χ2v) is 30.7. The molecule has 0 bridgehead atoms. The SMILES string of the molecule is CC[C@H](C)[C@H](NC(=O)[C@H](CCCN=C(N)N)NC(=O)[C@H](C)NC(=O)[C@H](CCC(N)=O)NC(=O)[C@H](CC(C)C)NC(=O)[C@H](CCC(N)=O)NC(=O)[C@H](CCCCN)NC(=O)[C@@H](NC(=O)CNC(=O)[C@H](Cc1c[nH]c2ccccc12)NC(=O)[C@@H](NC(=O)[C@@H](NC(=O)[C@H](CC(C)C)NC(=O)[C@@H](N)CCC(N)=O)[C@@H](C)O)C(C)C)[C@@H](C)CC)C(=O)O. The number of benzene rings is 1. The molecule has 0 radical (unpaired) electrons. The molecule has 0 aliphatic rings. The van der Waals surface area contributed by atoms with Gasteiger partial charge in [-0.3, -0.25) is 81.7 Å². The zero-order valence-corrected chi connectivity index (χ0v) is 69.1. The fraction of sp³-hybridized carbons (Fsp3) is 0.658. The van der Waals surface area contributed by atoms with Crippen molar-refractivity contribution in [2.45, 2.75) is 270 Å². The average Bonchev–Trinajstić information content (AvgIpc) is 1.75. The van der Waals surface area contributed by atoms with Gasteiger partial charge in [0.05, 0.1) is 18.7 Å². The van der Waals surface area contributed by atoms with E-state index in [2.05, 4.69) is 79.1 Å². The third-order valence-electron chi connectivity index (χ3n) is 19.3.